The molecule has 0 radical (unpaired) electrons. The van der Waals surface area contributed by atoms with E-state index in [0.717, 1.165) is 94.0 Å². The van der Waals surface area contributed by atoms with Gasteiger partial charge in [0.2, 0.25) is 0 Å². The maximum Gasteiger partial charge on any atom is 0.159 e. The molecule has 0 aliphatic carbocycles. The Balaban J connectivity index is 1.18. The third-order valence-corrected chi connectivity index (χ3v) is 9.08. The van der Waals surface area contributed by atoms with Crippen molar-refractivity contribution in [2.24, 2.45) is 0 Å². The predicted molar refractivity (Wildman–Crippen MR) is 188 cm³/mol. The van der Waals surface area contributed by atoms with Crippen LogP contribution < -0.4 is 4.90 Å². The van der Waals surface area contributed by atoms with Crippen molar-refractivity contribution in [2.75, 3.05) is 4.90 Å². The van der Waals surface area contributed by atoms with Gasteiger partial charge < -0.3 is 18.2 Å². The SMILES string of the molecule is c1ccc2c(c1)oc1ccc(-c3ccc(N(c4cccc5c4oc4ccccc45)c4cccc5c4oc4ccccc45)cc3)cc12. The lowest BCUT2D eigenvalue weighted by molar-refractivity contribution is 0.666. The first-order chi connectivity index (χ1) is 22.8. The van der Waals surface area contributed by atoms with Crippen LogP contribution in [0.1, 0.15) is 0 Å². The molecule has 0 N–H and O–H groups in total. The van der Waals surface area contributed by atoms with Crippen LogP contribution in [-0.2, 0) is 0 Å². The van der Waals surface area contributed by atoms with Gasteiger partial charge in [0.15, 0.2) is 11.2 Å². The van der Waals surface area contributed by atoms with E-state index in [-0.39, 0.29) is 0 Å². The lowest BCUT2D eigenvalue weighted by Crippen LogP contribution is -2.10. The Kier molecular flexibility index (Phi) is 5.25. The van der Waals surface area contributed by atoms with Crippen molar-refractivity contribution < 1.29 is 13.3 Å². The van der Waals surface area contributed by atoms with E-state index in [1.54, 1.807) is 0 Å². The minimum absolute atomic E-state index is 0.832. The molecule has 0 spiro atoms. The van der Waals surface area contributed by atoms with E-state index in [1.165, 1.54) is 0 Å². The van der Waals surface area contributed by atoms with Crippen LogP contribution in [0.4, 0.5) is 17.1 Å². The maximum absolute atomic E-state index is 6.56. The molecule has 0 bridgehead atoms. The lowest BCUT2D eigenvalue weighted by atomic mass is 10.0. The molecule has 7 aromatic carbocycles. The highest BCUT2D eigenvalue weighted by molar-refractivity contribution is 6.14. The fourth-order valence-electron chi connectivity index (χ4n) is 6.93. The molecule has 0 amide bonds. The summed E-state index contributed by atoms with van der Waals surface area (Å²) in [5.41, 5.74) is 10.3. The largest absolute Gasteiger partial charge is 0.456 e. The Morgan fingerprint density at radius 1 is 0.326 bits per heavy atom. The lowest BCUT2D eigenvalue weighted by Gasteiger charge is -2.25. The number of nitrogens with zero attached hydrogens (tertiary/aromatic N) is 1. The summed E-state index contributed by atoms with van der Waals surface area (Å²) < 4.78 is 19.2. The molecule has 46 heavy (non-hydrogen) atoms. The van der Waals surface area contributed by atoms with Crippen LogP contribution in [0.15, 0.2) is 165 Å². The van der Waals surface area contributed by atoms with E-state index in [4.69, 9.17) is 13.3 Å². The van der Waals surface area contributed by atoms with E-state index in [2.05, 4.69) is 120 Å². The smallest absolute Gasteiger partial charge is 0.159 e. The van der Waals surface area contributed by atoms with E-state index < -0.39 is 0 Å². The van der Waals surface area contributed by atoms with E-state index in [1.807, 2.05) is 36.4 Å². The van der Waals surface area contributed by atoms with Crippen LogP contribution in [-0.4, -0.2) is 0 Å². The van der Waals surface area contributed by atoms with Gasteiger partial charge in [0.25, 0.3) is 0 Å². The van der Waals surface area contributed by atoms with Crippen LogP contribution in [0.5, 0.6) is 0 Å². The molecule has 0 aliphatic heterocycles. The van der Waals surface area contributed by atoms with E-state index in [9.17, 15) is 0 Å². The van der Waals surface area contributed by atoms with Gasteiger partial charge in [-0.15, -0.1) is 0 Å². The molecule has 10 rings (SSSR count). The highest BCUT2D eigenvalue weighted by Gasteiger charge is 2.23. The van der Waals surface area contributed by atoms with Gasteiger partial charge in [-0.25, -0.2) is 0 Å². The third kappa shape index (κ3) is 3.67. The number of anilines is 3. The van der Waals surface area contributed by atoms with Gasteiger partial charge in [-0.3, -0.25) is 0 Å². The summed E-state index contributed by atoms with van der Waals surface area (Å²) in [6.07, 6.45) is 0. The summed E-state index contributed by atoms with van der Waals surface area (Å²) >= 11 is 0. The summed E-state index contributed by atoms with van der Waals surface area (Å²) in [7, 11) is 0. The van der Waals surface area contributed by atoms with Crippen LogP contribution >= 0.6 is 0 Å². The van der Waals surface area contributed by atoms with Gasteiger partial charge >= 0.3 is 0 Å². The molecule has 0 saturated heterocycles. The van der Waals surface area contributed by atoms with Crippen molar-refractivity contribution in [1.29, 1.82) is 0 Å². The summed E-state index contributed by atoms with van der Waals surface area (Å²) in [5.74, 6) is 0. The second-order valence-electron chi connectivity index (χ2n) is 11.7. The number of fused-ring (bicyclic) bond motifs is 9. The van der Waals surface area contributed by atoms with Gasteiger partial charge in [-0.1, -0.05) is 97.1 Å². The van der Waals surface area contributed by atoms with Crippen molar-refractivity contribution in [3.05, 3.63) is 152 Å². The van der Waals surface area contributed by atoms with Crippen LogP contribution in [0.2, 0.25) is 0 Å². The van der Waals surface area contributed by atoms with Crippen LogP contribution in [0.3, 0.4) is 0 Å². The Morgan fingerprint density at radius 2 is 0.783 bits per heavy atom. The maximum atomic E-state index is 6.56. The van der Waals surface area contributed by atoms with Crippen LogP contribution in [0, 0.1) is 0 Å². The molecule has 3 aromatic heterocycles. The molecule has 0 atom stereocenters. The van der Waals surface area contributed by atoms with Gasteiger partial charge in [0, 0.05) is 38.0 Å². The summed E-state index contributed by atoms with van der Waals surface area (Å²) in [4.78, 5) is 2.26. The minimum atomic E-state index is 0.832. The van der Waals surface area contributed by atoms with Gasteiger partial charge in [0.05, 0.1) is 11.4 Å². The van der Waals surface area contributed by atoms with Gasteiger partial charge in [0.1, 0.15) is 22.3 Å². The Morgan fingerprint density at radius 3 is 1.37 bits per heavy atom. The molecule has 4 nitrogen and oxygen atoms in total. The molecule has 0 aliphatic rings. The number of para-hydroxylation sites is 5. The molecule has 0 saturated carbocycles. The molecule has 216 valence electrons. The van der Waals surface area contributed by atoms with E-state index in [0.29, 0.717) is 0 Å². The zero-order valence-electron chi connectivity index (χ0n) is 24.6. The normalized spacial score (nSPS) is 11.9. The molecular formula is C42H25NO3. The third-order valence-electron chi connectivity index (χ3n) is 9.08. The van der Waals surface area contributed by atoms with Crippen molar-refractivity contribution >= 4 is 82.9 Å². The summed E-state index contributed by atoms with van der Waals surface area (Å²) in [5, 5.41) is 6.59. The first-order valence-corrected chi connectivity index (χ1v) is 15.4. The standard InChI is InChI=1S/C42H25NO3/c1-5-17-38-29(9-1)32-12-7-14-35(41(32)45-38)43(36-15-8-13-33-30-10-2-6-18-39(30)46-42(33)36)28-22-19-26(20-23-28)27-21-24-40-34(25-27)31-11-3-4-16-37(31)44-40/h1-25H. The van der Waals surface area contributed by atoms with Gasteiger partial charge in [-0.2, -0.15) is 0 Å². The average Bonchev–Trinajstić information content (AvgIpc) is 3.80. The quantitative estimate of drug-likeness (QED) is 0.204. The topological polar surface area (TPSA) is 42.7 Å². The zero-order chi connectivity index (χ0) is 30.2. The van der Waals surface area contributed by atoms with Crippen LogP contribution in [0.25, 0.3) is 76.9 Å². The molecule has 3 heterocycles. The van der Waals surface area contributed by atoms with E-state index >= 15 is 0 Å². The fourth-order valence-corrected chi connectivity index (χ4v) is 6.93. The molecule has 4 heteroatoms. The summed E-state index contributed by atoms with van der Waals surface area (Å²) in [6, 6.07) is 52.5. The first-order valence-electron chi connectivity index (χ1n) is 15.4. The second-order valence-corrected chi connectivity index (χ2v) is 11.7. The van der Waals surface area contributed by atoms with Crippen molar-refractivity contribution in [3.8, 4) is 11.1 Å². The van der Waals surface area contributed by atoms with Crippen molar-refractivity contribution in [1.82, 2.24) is 0 Å². The molecular weight excluding hydrogens is 566 g/mol. The first kappa shape index (κ1) is 25.1. The molecule has 0 fully saturated rings. The van der Waals surface area contributed by atoms with Crippen molar-refractivity contribution in [2.45, 2.75) is 0 Å². The van der Waals surface area contributed by atoms with Crippen molar-refractivity contribution in [3.63, 3.8) is 0 Å². The minimum Gasteiger partial charge on any atom is -0.456 e. The monoisotopic (exact) mass is 591 g/mol. The highest BCUT2D eigenvalue weighted by atomic mass is 16.3. The fraction of sp³-hybridized carbons (Fsp3) is 0. The number of hydrogen-bond donors (Lipinski definition) is 0. The zero-order valence-corrected chi connectivity index (χ0v) is 24.6. The second kappa shape index (κ2) is 9.62. The van der Waals surface area contributed by atoms with Gasteiger partial charge in [-0.05, 0) is 65.7 Å². The highest BCUT2D eigenvalue weighted by Crippen LogP contribution is 2.46. The summed E-state index contributed by atoms with van der Waals surface area (Å²) in [6.45, 7) is 0. The predicted octanol–water partition coefficient (Wildman–Crippen LogP) is 12.5. The number of furan rings is 3. The molecule has 0 unspecified atom stereocenters. The Labute approximate surface area is 263 Å². The number of hydrogen-bond acceptors (Lipinski definition) is 4. The average molecular weight is 592 g/mol. The Bertz CT molecular complexity index is 2650. The Hall–Kier alpha value is -6.26. The number of rotatable bonds is 4. The number of benzene rings is 7. The molecule has 10 aromatic rings.